The Bertz CT molecular complexity index is 350. The van der Waals surface area contributed by atoms with Gasteiger partial charge in [0, 0.05) is 16.5 Å². The van der Waals surface area contributed by atoms with Gasteiger partial charge in [-0.15, -0.1) is 0 Å². The molecule has 2 rings (SSSR count). The molecule has 0 aromatic carbocycles. The zero-order chi connectivity index (χ0) is 8.55. The topological polar surface area (TPSA) is 29.4 Å². The van der Waals surface area contributed by atoms with Crippen molar-refractivity contribution < 1.29 is 4.79 Å². The molecule has 0 saturated carbocycles. The summed E-state index contributed by atoms with van der Waals surface area (Å²) in [6.45, 7) is 0. The zero-order valence-corrected chi connectivity index (χ0v) is 7.78. The lowest BCUT2D eigenvalue weighted by Gasteiger charge is -2.15. The van der Waals surface area contributed by atoms with Crippen molar-refractivity contribution in [2.45, 2.75) is 0 Å². The quantitative estimate of drug-likeness (QED) is 0.618. The van der Waals surface area contributed by atoms with Gasteiger partial charge < -0.3 is 0 Å². The summed E-state index contributed by atoms with van der Waals surface area (Å²) < 4.78 is 1.03. The average Bonchev–Trinajstić information content (AvgIpc) is 2.05. The Hall–Kier alpha value is -0.960. The molecule has 1 unspecified atom stereocenters. The summed E-state index contributed by atoms with van der Waals surface area (Å²) in [6.07, 6.45) is 9.12. The van der Waals surface area contributed by atoms with Crippen LogP contribution in [0.4, 0.5) is 0 Å². The van der Waals surface area contributed by atoms with Gasteiger partial charge in [0.05, 0.1) is 5.71 Å². The van der Waals surface area contributed by atoms with E-state index in [9.17, 15) is 4.79 Å². The molecule has 12 heavy (non-hydrogen) atoms. The first-order valence-electron chi connectivity index (χ1n) is 3.62. The van der Waals surface area contributed by atoms with Crippen LogP contribution in [0.1, 0.15) is 0 Å². The molecule has 0 saturated heterocycles. The number of aliphatic imine (C=N–C) groups is 1. The van der Waals surface area contributed by atoms with Crippen molar-refractivity contribution in [3.05, 3.63) is 34.9 Å². The number of halogens is 1. The summed E-state index contributed by atoms with van der Waals surface area (Å²) in [5, 5.41) is 0. The minimum Gasteiger partial charge on any atom is -0.267 e. The van der Waals surface area contributed by atoms with Gasteiger partial charge in [-0.1, -0.05) is 28.1 Å². The zero-order valence-electron chi connectivity index (χ0n) is 6.20. The highest BCUT2D eigenvalue weighted by molar-refractivity contribution is 9.11. The number of nitrogens with zero attached hydrogens (tertiary/aromatic N) is 1. The first kappa shape index (κ1) is 7.68. The van der Waals surface area contributed by atoms with Crippen molar-refractivity contribution in [2.24, 2.45) is 10.9 Å². The average molecular weight is 224 g/mol. The predicted molar refractivity (Wildman–Crippen MR) is 51.2 cm³/mol. The third kappa shape index (κ3) is 1.32. The van der Waals surface area contributed by atoms with Gasteiger partial charge in [0.2, 0.25) is 0 Å². The van der Waals surface area contributed by atoms with Crippen LogP contribution in [0.2, 0.25) is 0 Å². The van der Waals surface area contributed by atoms with Crippen LogP contribution in [-0.4, -0.2) is 11.6 Å². The van der Waals surface area contributed by atoms with Crippen LogP contribution < -0.4 is 0 Å². The first-order valence-corrected chi connectivity index (χ1v) is 4.41. The van der Waals surface area contributed by atoms with Gasteiger partial charge >= 0.3 is 0 Å². The van der Waals surface area contributed by atoms with Crippen molar-refractivity contribution in [1.29, 1.82) is 0 Å². The highest BCUT2D eigenvalue weighted by Gasteiger charge is 2.16. The summed E-state index contributed by atoms with van der Waals surface area (Å²) in [7, 11) is 0. The minimum atomic E-state index is -0.169. The number of carbonyl (C=O) groups is 1. The number of dihydropyridines is 1. The third-order valence-electron chi connectivity index (χ3n) is 1.78. The van der Waals surface area contributed by atoms with E-state index < -0.39 is 0 Å². The minimum absolute atomic E-state index is 0.169. The van der Waals surface area contributed by atoms with Crippen molar-refractivity contribution >= 4 is 27.5 Å². The third-order valence-corrected chi connectivity index (χ3v) is 2.31. The molecule has 0 aromatic rings. The van der Waals surface area contributed by atoms with E-state index in [1.165, 1.54) is 6.08 Å². The van der Waals surface area contributed by atoms with Crippen molar-refractivity contribution in [3.63, 3.8) is 0 Å². The van der Waals surface area contributed by atoms with E-state index in [1.807, 2.05) is 24.3 Å². The number of hydrogen-bond donors (Lipinski definition) is 0. The second-order valence-corrected chi connectivity index (χ2v) is 3.56. The van der Waals surface area contributed by atoms with Crippen molar-refractivity contribution in [3.8, 4) is 0 Å². The molecule has 1 aliphatic carbocycles. The van der Waals surface area contributed by atoms with Gasteiger partial charge in [0.25, 0.3) is 5.91 Å². The van der Waals surface area contributed by atoms with Crippen LogP contribution in [0.3, 0.4) is 0 Å². The molecule has 0 spiro atoms. The van der Waals surface area contributed by atoms with Crippen LogP contribution in [0, 0.1) is 5.92 Å². The highest BCUT2D eigenvalue weighted by atomic mass is 79.9. The largest absolute Gasteiger partial charge is 0.269 e. The van der Waals surface area contributed by atoms with Crippen LogP contribution >= 0.6 is 15.9 Å². The molecule has 0 N–H and O–H groups in total. The lowest BCUT2D eigenvalue weighted by molar-refractivity contribution is -0.113. The lowest BCUT2D eigenvalue weighted by atomic mass is 9.96. The number of fused-ring (bicyclic) bond motifs is 1. The summed E-state index contributed by atoms with van der Waals surface area (Å²) in [5.41, 5.74) is 0.825. The number of amides is 1. The van der Waals surface area contributed by atoms with E-state index in [2.05, 4.69) is 20.9 Å². The van der Waals surface area contributed by atoms with E-state index in [0.29, 0.717) is 0 Å². The van der Waals surface area contributed by atoms with Crippen molar-refractivity contribution in [2.75, 3.05) is 0 Å². The monoisotopic (exact) mass is 223 g/mol. The molecular formula is C9H6BrNO. The van der Waals surface area contributed by atoms with Gasteiger partial charge in [-0.05, 0) is 12.2 Å². The maximum Gasteiger partial charge on any atom is 0.269 e. The molecule has 0 fully saturated rings. The van der Waals surface area contributed by atoms with Crippen LogP contribution in [-0.2, 0) is 4.79 Å². The fraction of sp³-hybridized carbons (Fsp3) is 0.111. The van der Waals surface area contributed by atoms with Gasteiger partial charge in [-0.3, -0.25) is 4.79 Å². The highest BCUT2D eigenvalue weighted by Crippen LogP contribution is 2.22. The molecule has 0 aromatic heterocycles. The summed E-state index contributed by atoms with van der Waals surface area (Å²) in [6, 6.07) is 0. The number of allylic oxidation sites excluding steroid dienone is 5. The van der Waals surface area contributed by atoms with E-state index in [4.69, 9.17) is 0 Å². The fourth-order valence-corrected chi connectivity index (χ4v) is 1.62. The number of hydrogen-bond acceptors (Lipinski definition) is 1. The molecule has 1 aliphatic heterocycles. The van der Waals surface area contributed by atoms with Gasteiger partial charge in [-0.2, -0.15) is 0 Å². The van der Waals surface area contributed by atoms with E-state index in [1.54, 1.807) is 0 Å². The maximum absolute atomic E-state index is 10.9. The van der Waals surface area contributed by atoms with Crippen LogP contribution in [0.25, 0.3) is 0 Å². The maximum atomic E-state index is 10.9. The summed E-state index contributed by atoms with van der Waals surface area (Å²) in [4.78, 5) is 14.7. The molecule has 3 heteroatoms. The molecule has 1 atom stereocenters. The summed E-state index contributed by atoms with van der Waals surface area (Å²) in [5.74, 6) is -0.000558. The van der Waals surface area contributed by atoms with Gasteiger partial charge in [0.1, 0.15) is 0 Å². The fourth-order valence-electron chi connectivity index (χ4n) is 1.21. The Morgan fingerprint density at radius 3 is 3.00 bits per heavy atom. The first-order chi connectivity index (χ1) is 5.75. The molecule has 2 aliphatic rings. The molecule has 60 valence electrons. The number of carbonyl (C=O) groups excluding carboxylic acids is 1. The molecule has 2 nitrogen and oxygen atoms in total. The second-order valence-electron chi connectivity index (χ2n) is 2.64. The number of rotatable bonds is 0. The molecular weight excluding hydrogens is 218 g/mol. The normalized spacial score (nSPS) is 26.4. The van der Waals surface area contributed by atoms with E-state index in [-0.39, 0.29) is 11.8 Å². The van der Waals surface area contributed by atoms with Crippen LogP contribution in [0.15, 0.2) is 39.9 Å². The Morgan fingerprint density at radius 1 is 1.33 bits per heavy atom. The van der Waals surface area contributed by atoms with E-state index >= 15 is 0 Å². The molecule has 1 heterocycles. The molecule has 0 bridgehead atoms. The molecule has 1 amide bonds. The summed E-state index contributed by atoms with van der Waals surface area (Å²) >= 11 is 3.37. The Morgan fingerprint density at radius 2 is 2.17 bits per heavy atom. The van der Waals surface area contributed by atoms with Gasteiger partial charge in [0.15, 0.2) is 0 Å². The van der Waals surface area contributed by atoms with Crippen LogP contribution in [0.5, 0.6) is 0 Å². The lowest BCUT2D eigenvalue weighted by Crippen LogP contribution is -2.16. The smallest absolute Gasteiger partial charge is 0.267 e. The Labute approximate surface area is 78.5 Å². The van der Waals surface area contributed by atoms with Gasteiger partial charge in [-0.25, -0.2) is 4.99 Å². The Kier molecular flexibility index (Phi) is 1.81. The predicted octanol–water partition coefficient (Wildman–Crippen LogP) is 1.99. The SMILES string of the molecule is O=C1C=CC2C=C(Br)C=CC2=N1. The van der Waals surface area contributed by atoms with Crippen molar-refractivity contribution in [1.82, 2.24) is 0 Å². The standard InChI is InChI=1S/C9H6BrNO/c10-7-2-3-8-6(5-7)1-4-9(12)11-8/h1-6H. The molecule has 0 radical (unpaired) electrons. The van der Waals surface area contributed by atoms with E-state index in [0.717, 1.165) is 10.2 Å². The second kappa shape index (κ2) is 2.83. The Balaban J connectivity index is 2.38.